The van der Waals surface area contributed by atoms with Crippen LogP contribution in [-0.4, -0.2) is 41.1 Å². The van der Waals surface area contributed by atoms with E-state index in [4.69, 9.17) is 5.11 Å². The molecule has 1 aromatic carbocycles. The van der Waals surface area contributed by atoms with Crippen LogP contribution >= 0.6 is 0 Å². The van der Waals surface area contributed by atoms with Crippen molar-refractivity contribution < 1.29 is 14.7 Å². The van der Waals surface area contributed by atoms with Crippen molar-refractivity contribution >= 4 is 12.0 Å². The SMILES string of the molecule is CCC(Cc1ccccc1)NC(=O)N1CCC(C(=O)O)C1. The number of carboxylic acid groups (broad SMARTS) is 1. The summed E-state index contributed by atoms with van der Waals surface area (Å²) in [6.07, 6.45) is 2.17. The number of rotatable bonds is 5. The maximum atomic E-state index is 12.2. The molecular formula is C16H22N2O3. The van der Waals surface area contributed by atoms with Gasteiger partial charge in [-0.05, 0) is 24.8 Å². The highest BCUT2D eigenvalue weighted by Gasteiger charge is 2.31. The van der Waals surface area contributed by atoms with Crippen molar-refractivity contribution in [3.8, 4) is 0 Å². The molecule has 2 rings (SSSR count). The molecule has 21 heavy (non-hydrogen) atoms. The summed E-state index contributed by atoms with van der Waals surface area (Å²) in [5.41, 5.74) is 1.19. The minimum absolute atomic E-state index is 0.0729. The first-order valence-electron chi connectivity index (χ1n) is 7.42. The highest BCUT2D eigenvalue weighted by molar-refractivity contribution is 5.77. The molecular weight excluding hydrogens is 268 g/mol. The Morgan fingerprint density at radius 1 is 1.38 bits per heavy atom. The van der Waals surface area contributed by atoms with Gasteiger partial charge in [0.2, 0.25) is 0 Å². The quantitative estimate of drug-likeness (QED) is 0.872. The minimum atomic E-state index is -0.818. The molecule has 1 aliphatic rings. The van der Waals surface area contributed by atoms with Gasteiger partial charge in [-0.15, -0.1) is 0 Å². The van der Waals surface area contributed by atoms with E-state index in [0.717, 1.165) is 12.8 Å². The summed E-state index contributed by atoms with van der Waals surface area (Å²) in [4.78, 5) is 24.7. The zero-order valence-electron chi connectivity index (χ0n) is 12.3. The summed E-state index contributed by atoms with van der Waals surface area (Å²) < 4.78 is 0. The first-order valence-corrected chi connectivity index (χ1v) is 7.42. The number of hydrogen-bond donors (Lipinski definition) is 2. The van der Waals surface area contributed by atoms with E-state index < -0.39 is 11.9 Å². The molecule has 0 aliphatic carbocycles. The first kappa shape index (κ1) is 15.4. The number of carbonyl (C=O) groups is 2. The predicted molar refractivity (Wildman–Crippen MR) is 80.1 cm³/mol. The molecule has 5 nitrogen and oxygen atoms in total. The van der Waals surface area contributed by atoms with Crippen molar-refractivity contribution in [2.45, 2.75) is 32.2 Å². The first-order chi connectivity index (χ1) is 10.1. The Morgan fingerprint density at radius 2 is 2.10 bits per heavy atom. The zero-order chi connectivity index (χ0) is 15.2. The average Bonchev–Trinajstić information content (AvgIpc) is 2.97. The third-order valence-electron chi connectivity index (χ3n) is 3.97. The molecule has 0 bridgehead atoms. The Kier molecular flexibility index (Phi) is 5.20. The van der Waals surface area contributed by atoms with E-state index in [1.807, 2.05) is 37.3 Å². The summed E-state index contributed by atoms with van der Waals surface area (Å²) in [5.74, 6) is -1.24. The number of carbonyl (C=O) groups excluding carboxylic acids is 1. The Hall–Kier alpha value is -2.04. The van der Waals surface area contributed by atoms with Crippen LogP contribution in [0.25, 0.3) is 0 Å². The molecule has 1 fully saturated rings. The van der Waals surface area contributed by atoms with E-state index in [0.29, 0.717) is 19.5 Å². The highest BCUT2D eigenvalue weighted by atomic mass is 16.4. The maximum Gasteiger partial charge on any atom is 0.317 e. The third-order valence-corrected chi connectivity index (χ3v) is 3.97. The molecule has 2 unspecified atom stereocenters. The van der Waals surface area contributed by atoms with Gasteiger partial charge in [0, 0.05) is 19.1 Å². The van der Waals surface area contributed by atoms with Crippen molar-refractivity contribution in [2.24, 2.45) is 5.92 Å². The van der Waals surface area contributed by atoms with Crippen LogP contribution in [0.5, 0.6) is 0 Å². The fourth-order valence-electron chi connectivity index (χ4n) is 2.61. The van der Waals surface area contributed by atoms with Gasteiger partial charge in [0.25, 0.3) is 0 Å². The van der Waals surface area contributed by atoms with Gasteiger partial charge in [-0.25, -0.2) is 4.79 Å². The van der Waals surface area contributed by atoms with Crippen molar-refractivity contribution in [1.29, 1.82) is 0 Å². The maximum absolute atomic E-state index is 12.2. The number of carboxylic acids is 1. The number of nitrogens with zero attached hydrogens (tertiary/aromatic N) is 1. The molecule has 1 heterocycles. The van der Waals surface area contributed by atoms with E-state index in [1.165, 1.54) is 5.56 Å². The summed E-state index contributed by atoms with van der Waals surface area (Å²) in [7, 11) is 0. The normalized spacial score (nSPS) is 19.3. The van der Waals surface area contributed by atoms with Crippen molar-refractivity contribution in [2.75, 3.05) is 13.1 Å². The van der Waals surface area contributed by atoms with Crippen LogP contribution < -0.4 is 5.32 Å². The van der Waals surface area contributed by atoms with E-state index in [1.54, 1.807) is 4.90 Å². The number of likely N-dealkylation sites (tertiary alicyclic amines) is 1. The molecule has 2 N–H and O–H groups in total. The molecule has 0 saturated carbocycles. The van der Waals surface area contributed by atoms with Crippen LogP contribution in [0.2, 0.25) is 0 Å². The number of urea groups is 1. The van der Waals surface area contributed by atoms with Crippen molar-refractivity contribution in [1.82, 2.24) is 10.2 Å². The highest BCUT2D eigenvalue weighted by Crippen LogP contribution is 2.16. The van der Waals surface area contributed by atoms with Crippen LogP contribution in [0.3, 0.4) is 0 Å². The van der Waals surface area contributed by atoms with Crippen LogP contribution in [0, 0.1) is 5.92 Å². The lowest BCUT2D eigenvalue weighted by Crippen LogP contribution is -2.44. The smallest absolute Gasteiger partial charge is 0.317 e. The number of aliphatic carboxylic acids is 1. The van der Waals surface area contributed by atoms with Gasteiger partial charge >= 0.3 is 12.0 Å². The van der Waals surface area contributed by atoms with E-state index in [2.05, 4.69) is 5.32 Å². The van der Waals surface area contributed by atoms with E-state index in [9.17, 15) is 9.59 Å². The largest absolute Gasteiger partial charge is 0.481 e. The van der Waals surface area contributed by atoms with Crippen LogP contribution in [0.15, 0.2) is 30.3 Å². The number of benzene rings is 1. The molecule has 1 aliphatic heterocycles. The van der Waals surface area contributed by atoms with Crippen molar-refractivity contribution in [3.63, 3.8) is 0 Å². The molecule has 5 heteroatoms. The number of amides is 2. The van der Waals surface area contributed by atoms with Crippen LogP contribution in [0.1, 0.15) is 25.3 Å². The monoisotopic (exact) mass is 290 g/mol. The molecule has 2 amide bonds. The van der Waals surface area contributed by atoms with E-state index in [-0.39, 0.29) is 12.1 Å². The lowest BCUT2D eigenvalue weighted by atomic mass is 10.0. The van der Waals surface area contributed by atoms with Gasteiger partial charge in [-0.2, -0.15) is 0 Å². The molecule has 0 aromatic heterocycles. The third kappa shape index (κ3) is 4.21. The van der Waals surface area contributed by atoms with Crippen LogP contribution in [-0.2, 0) is 11.2 Å². The molecule has 114 valence electrons. The summed E-state index contributed by atoms with van der Waals surface area (Å²) >= 11 is 0. The number of hydrogen-bond acceptors (Lipinski definition) is 2. The lowest BCUT2D eigenvalue weighted by Gasteiger charge is -2.22. The second kappa shape index (κ2) is 7.11. The number of nitrogens with one attached hydrogen (secondary N) is 1. The van der Waals surface area contributed by atoms with Crippen LogP contribution in [0.4, 0.5) is 4.79 Å². The van der Waals surface area contributed by atoms with Gasteiger partial charge in [0.15, 0.2) is 0 Å². The average molecular weight is 290 g/mol. The minimum Gasteiger partial charge on any atom is -0.481 e. The summed E-state index contributed by atoms with van der Waals surface area (Å²) in [5, 5.41) is 12.0. The second-order valence-electron chi connectivity index (χ2n) is 5.51. The fourth-order valence-corrected chi connectivity index (χ4v) is 2.61. The fraction of sp³-hybridized carbons (Fsp3) is 0.500. The Balaban J connectivity index is 1.87. The lowest BCUT2D eigenvalue weighted by molar-refractivity contribution is -0.141. The van der Waals surface area contributed by atoms with E-state index >= 15 is 0 Å². The standard InChI is InChI=1S/C16H22N2O3/c1-2-14(10-12-6-4-3-5-7-12)17-16(21)18-9-8-13(11-18)15(19)20/h3-7,13-14H,2,8-11H2,1H3,(H,17,21)(H,19,20). The van der Waals surface area contributed by atoms with Gasteiger partial charge in [0.05, 0.1) is 5.92 Å². The van der Waals surface area contributed by atoms with Gasteiger partial charge < -0.3 is 15.3 Å². The topological polar surface area (TPSA) is 69.6 Å². The molecule has 1 saturated heterocycles. The molecule has 0 spiro atoms. The van der Waals surface area contributed by atoms with Gasteiger partial charge in [-0.3, -0.25) is 4.79 Å². The predicted octanol–water partition coefficient (Wildman–Crippen LogP) is 2.12. The second-order valence-corrected chi connectivity index (χ2v) is 5.51. The van der Waals surface area contributed by atoms with Gasteiger partial charge in [-0.1, -0.05) is 37.3 Å². The molecule has 1 aromatic rings. The summed E-state index contributed by atoms with van der Waals surface area (Å²) in [6.45, 7) is 2.87. The van der Waals surface area contributed by atoms with Gasteiger partial charge in [0.1, 0.15) is 0 Å². The van der Waals surface area contributed by atoms with Crippen molar-refractivity contribution in [3.05, 3.63) is 35.9 Å². The Labute approximate surface area is 125 Å². The Bertz CT molecular complexity index is 490. The molecule has 2 atom stereocenters. The molecule has 0 radical (unpaired) electrons. The summed E-state index contributed by atoms with van der Waals surface area (Å²) in [6, 6.07) is 9.96. The zero-order valence-corrected chi connectivity index (χ0v) is 12.3. The Morgan fingerprint density at radius 3 is 2.67 bits per heavy atom.